The summed E-state index contributed by atoms with van der Waals surface area (Å²) in [5.74, 6) is -0.839. The highest BCUT2D eigenvalue weighted by molar-refractivity contribution is 5.79. The maximum absolute atomic E-state index is 13.1. The van der Waals surface area contributed by atoms with Crippen LogP contribution in [0, 0.1) is 18.6 Å². The molecule has 0 aromatic heterocycles. The first-order chi connectivity index (χ1) is 8.11. The number of aldehydes is 1. The number of hydrogen-bond acceptors (Lipinski definition) is 1. The molecule has 0 saturated carbocycles. The Morgan fingerprint density at radius 3 is 2.12 bits per heavy atom. The zero-order chi connectivity index (χ0) is 12.4. The smallest absolute Gasteiger partial charge is 0.153 e. The summed E-state index contributed by atoms with van der Waals surface area (Å²) in [7, 11) is 0. The van der Waals surface area contributed by atoms with Gasteiger partial charge in [0.25, 0.3) is 0 Å². The summed E-state index contributed by atoms with van der Waals surface area (Å²) in [4.78, 5) is 10.6. The van der Waals surface area contributed by atoms with Gasteiger partial charge in [0, 0.05) is 0 Å². The van der Waals surface area contributed by atoms with Gasteiger partial charge in [-0.3, -0.25) is 4.79 Å². The van der Waals surface area contributed by atoms with Crippen LogP contribution >= 0.6 is 0 Å². The molecule has 0 N–H and O–H groups in total. The normalized spacial score (nSPS) is 10.3. The molecule has 0 saturated heterocycles. The second-order valence-electron chi connectivity index (χ2n) is 3.82. The number of carbonyl (C=O) groups is 1. The quantitative estimate of drug-likeness (QED) is 0.720. The number of halogens is 2. The van der Waals surface area contributed by atoms with Crippen molar-refractivity contribution in [2.24, 2.45) is 0 Å². The van der Waals surface area contributed by atoms with Gasteiger partial charge < -0.3 is 0 Å². The number of hydrogen-bond donors (Lipinski definition) is 0. The van der Waals surface area contributed by atoms with E-state index in [2.05, 4.69) is 0 Å². The van der Waals surface area contributed by atoms with Gasteiger partial charge >= 0.3 is 0 Å². The third-order valence-electron chi connectivity index (χ3n) is 2.61. The van der Waals surface area contributed by atoms with Crippen molar-refractivity contribution in [2.45, 2.75) is 6.92 Å². The molecule has 2 aromatic carbocycles. The van der Waals surface area contributed by atoms with Crippen molar-refractivity contribution in [3.05, 3.63) is 59.2 Å². The molecule has 0 aliphatic rings. The molecule has 2 aromatic rings. The third kappa shape index (κ3) is 2.23. The zero-order valence-electron chi connectivity index (χ0n) is 9.21. The maximum Gasteiger partial charge on any atom is 0.153 e. The Morgan fingerprint density at radius 2 is 1.53 bits per heavy atom. The molecule has 0 aliphatic carbocycles. The average Bonchev–Trinajstić information content (AvgIpc) is 2.33. The van der Waals surface area contributed by atoms with E-state index < -0.39 is 5.82 Å². The second-order valence-corrected chi connectivity index (χ2v) is 3.82. The zero-order valence-corrected chi connectivity index (χ0v) is 9.21. The Morgan fingerprint density at radius 1 is 0.941 bits per heavy atom. The van der Waals surface area contributed by atoms with E-state index in [0.29, 0.717) is 17.4 Å². The highest BCUT2D eigenvalue weighted by Gasteiger charge is 2.05. The molecule has 0 heterocycles. The molecule has 0 radical (unpaired) electrons. The van der Waals surface area contributed by atoms with Crippen LogP contribution in [-0.4, -0.2) is 6.29 Å². The van der Waals surface area contributed by atoms with E-state index in [0.717, 1.165) is 5.56 Å². The van der Waals surface area contributed by atoms with Gasteiger partial charge in [0.15, 0.2) is 6.29 Å². The third-order valence-corrected chi connectivity index (χ3v) is 2.61. The Balaban J connectivity index is 2.52. The van der Waals surface area contributed by atoms with Crippen molar-refractivity contribution in [3.63, 3.8) is 0 Å². The average molecular weight is 232 g/mol. The minimum absolute atomic E-state index is 0.00415. The van der Waals surface area contributed by atoms with E-state index >= 15 is 0 Å². The molecule has 0 amide bonds. The van der Waals surface area contributed by atoms with Crippen LogP contribution in [0.4, 0.5) is 8.78 Å². The first-order valence-electron chi connectivity index (χ1n) is 5.13. The maximum atomic E-state index is 13.1. The van der Waals surface area contributed by atoms with Crippen molar-refractivity contribution in [1.82, 2.24) is 0 Å². The highest BCUT2D eigenvalue weighted by Crippen LogP contribution is 2.23. The Hall–Kier alpha value is -2.03. The topological polar surface area (TPSA) is 17.1 Å². The van der Waals surface area contributed by atoms with Gasteiger partial charge in [-0.2, -0.15) is 0 Å². The van der Waals surface area contributed by atoms with E-state index in [1.165, 1.54) is 18.2 Å². The van der Waals surface area contributed by atoms with Crippen molar-refractivity contribution in [1.29, 1.82) is 0 Å². The predicted molar refractivity (Wildman–Crippen MR) is 61.9 cm³/mol. The van der Waals surface area contributed by atoms with Crippen LogP contribution in [-0.2, 0) is 0 Å². The van der Waals surface area contributed by atoms with E-state index in [9.17, 15) is 13.6 Å². The summed E-state index contributed by atoms with van der Waals surface area (Å²) in [6.45, 7) is 1.66. The van der Waals surface area contributed by atoms with Gasteiger partial charge in [-0.15, -0.1) is 0 Å². The fraction of sp³-hybridized carbons (Fsp3) is 0.0714. The second kappa shape index (κ2) is 4.45. The summed E-state index contributed by atoms with van der Waals surface area (Å²) < 4.78 is 26.2. The first-order valence-corrected chi connectivity index (χ1v) is 5.13. The lowest BCUT2D eigenvalue weighted by Crippen LogP contribution is -1.90. The summed E-state index contributed by atoms with van der Waals surface area (Å²) >= 11 is 0. The van der Waals surface area contributed by atoms with Gasteiger partial charge in [-0.05, 0) is 47.9 Å². The standard InChI is InChI=1S/C14H10F2O/c1-9-6-10(2-4-13(9)15)11-3-5-14(16)12(7-11)8-17/h2-8H,1H3. The molecule has 3 heteroatoms. The Kier molecular flexibility index (Phi) is 3.00. The molecule has 0 atom stereocenters. The highest BCUT2D eigenvalue weighted by atomic mass is 19.1. The molecule has 17 heavy (non-hydrogen) atoms. The molecule has 1 nitrogen and oxygen atoms in total. The van der Waals surface area contributed by atoms with E-state index in [1.807, 2.05) is 0 Å². The molecule has 0 aliphatic heterocycles. The summed E-state index contributed by atoms with van der Waals surface area (Å²) in [5, 5.41) is 0. The van der Waals surface area contributed by atoms with Crippen LogP contribution in [0.5, 0.6) is 0 Å². The van der Waals surface area contributed by atoms with E-state index in [-0.39, 0.29) is 11.4 Å². The molecule has 86 valence electrons. The lowest BCUT2D eigenvalue weighted by molar-refractivity contribution is 0.112. The van der Waals surface area contributed by atoms with Crippen LogP contribution in [0.3, 0.4) is 0 Å². The molecular formula is C14H10F2O. The fourth-order valence-corrected chi connectivity index (χ4v) is 1.64. The van der Waals surface area contributed by atoms with E-state index in [1.54, 1.807) is 25.1 Å². The van der Waals surface area contributed by atoms with Gasteiger partial charge in [0.1, 0.15) is 11.6 Å². The minimum atomic E-state index is -0.553. The lowest BCUT2D eigenvalue weighted by Gasteiger charge is -2.05. The number of benzene rings is 2. The van der Waals surface area contributed by atoms with Crippen LogP contribution in [0.1, 0.15) is 15.9 Å². The molecule has 0 spiro atoms. The van der Waals surface area contributed by atoms with Crippen molar-refractivity contribution >= 4 is 6.29 Å². The van der Waals surface area contributed by atoms with Crippen molar-refractivity contribution < 1.29 is 13.6 Å². The molecular weight excluding hydrogens is 222 g/mol. The Labute approximate surface area is 97.7 Å². The summed E-state index contributed by atoms with van der Waals surface area (Å²) in [6, 6.07) is 8.87. The van der Waals surface area contributed by atoms with E-state index in [4.69, 9.17) is 0 Å². The number of rotatable bonds is 2. The van der Waals surface area contributed by atoms with Crippen molar-refractivity contribution in [2.75, 3.05) is 0 Å². The first kappa shape index (κ1) is 11.5. The SMILES string of the molecule is Cc1cc(-c2ccc(F)c(C=O)c2)ccc1F. The molecule has 0 bridgehead atoms. The predicted octanol–water partition coefficient (Wildman–Crippen LogP) is 3.75. The molecule has 0 unspecified atom stereocenters. The van der Waals surface area contributed by atoms with Gasteiger partial charge in [0.2, 0.25) is 0 Å². The minimum Gasteiger partial charge on any atom is -0.298 e. The summed E-state index contributed by atoms with van der Waals surface area (Å²) in [6.07, 6.45) is 0.467. The number of carbonyl (C=O) groups excluding carboxylic acids is 1. The van der Waals surface area contributed by atoms with Crippen LogP contribution < -0.4 is 0 Å². The van der Waals surface area contributed by atoms with Crippen LogP contribution in [0.15, 0.2) is 36.4 Å². The monoisotopic (exact) mass is 232 g/mol. The van der Waals surface area contributed by atoms with Crippen LogP contribution in [0.25, 0.3) is 11.1 Å². The Bertz CT molecular complexity index is 576. The van der Waals surface area contributed by atoms with Crippen LogP contribution in [0.2, 0.25) is 0 Å². The van der Waals surface area contributed by atoms with Gasteiger partial charge in [-0.1, -0.05) is 12.1 Å². The number of aryl methyl sites for hydroxylation is 1. The summed E-state index contributed by atoms with van der Waals surface area (Å²) in [5.41, 5.74) is 1.97. The fourth-order valence-electron chi connectivity index (χ4n) is 1.64. The lowest BCUT2D eigenvalue weighted by atomic mass is 10.0. The van der Waals surface area contributed by atoms with Crippen molar-refractivity contribution in [3.8, 4) is 11.1 Å². The molecule has 2 rings (SSSR count). The molecule has 0 fully saturated rings. The largest absolute Gasteiger partial charge is 0.298 e. The van der Waals surface area contributed by atoms with Gasteiger partial charge in [-0.25, -0.2) is 8.78 Å². The van der Waals surface area contributed by atoms with Gasteiger partial charge in [0.05, 0.1) is 5.56 Å².